The summed E-state index contributed by atoms with van der Waals surface area (Å²) in [5, 5.41) is 19.4. The van der Waals surface area contributed by atoms with Crippen LogP contribution in [0, 0.1) is 0 Å². The molecule has 0 fully saturated rings. The number of nitrogens with one attached hydrogen (secondary N) is 2. The van der Waals surface area contributed by atoms with E-state index < -0.39 is 5.91 Å². The van der Waals surface area contributed by atoms with Crippen molar-refractivity contribution in [3.8, 4) is 17.0 Å². The molecule has 3 aromatic rings. The van der Waals surface area contributed by atoms with Crippen LogP contribution in [0.5, 0.6) is 5.75 Å². The third kappa shape index (κ3) is 2.91. The largest absolute Gasteiger partial charge is 0.504 e. The van der Waals surface area contributed by atoms with Gasteiger partial charge in [-0.1, -0.05) is 23.7 Å². The molecule has 0 aliphatic rings. The fourth-order valence-corrected chi connectivity index (χ4v) is 2.09. The normalized spacial score (nSPS) is 10.4. The van der Waals surface area contributed by atoms with Crippen molar-refractivity contribution in [3.63, 3.8) is 0 Å². The third-order valence-corrected chi connectivity index (χ3v) is 3.20. The molecule has 6 nitrogen and oxygen atoms in total. The maximum absolute atomic E-state index is 12.1. The number of aromatic amines is 1. The van der Waals surface area contributed by atoms with Crippen LogP contribution in [0.3, 0.4) is 0 Å². The van der Waals surface area contributed by atoms with Gasteiger partial charge in [0, 0.05) is 16.8 Å². The van der Waals surface area contributed by atoms with E-state index in [9.17, 15) is 9.90 Å². The van der Waals surface area contributed by atoms with E-state index in [1.54, 1.807) is 30.3 Å². The van der Waals surface area contributed by atoms with E-state index in [1.807, 2.05) is 6.07 Å². The van der Waals surface area contributed by atoms with Gasteiger partial charge in [-0.15, -0.1) is 0 Å². The highest BCUT2D eigenvalue weighted by Crippen LogP contribution is 2.22. The number of carbonyl (C=O) groups is 1. The molecule has 0 spiro atoms. The average molecular weight is 315 g/mol. The molecule has 0 radical (unpaired) electrons. The average Bonchev–Trinajstić information content (AvgIpc) is 2.99. The molecule has 3 N–H and O–H groups in total. The Morgan fingerprint density at radius 1 is 1.23 bits per heavy atom. The van der Waals surface area contributed by atoms with Gasteiger partial charge in [-0.3, -0.25) is 9.89 Å². The minimum absolute atomic E-state index is 0.0893. The van der Waals surface area contributed by atoms with Crippen molar-refractivity contribution >= 4 is 23.3 Å². The number of carbonyl (C=O) groups excluding carboxylic acids is 1. The molecule has 0 bridgehead atoms. The van der Waals surface area contributed by atoms with Gasteiger partial charge >= 0.3 is 0 Å². The van der Waals surface area contributed by atoms with E-state index in [1.165, 1.54) is 12.3 Å². The van der Waals surface area contributed by atoms with Gasteiger partial charge in [0.05, 0.1) is 5.69 Å². The lowest BCUT2D eigenvalue weighted by molar-refractivity contribution is 0.102. The van der Waals surface area contributed by atoms with Gasteiger partial charge < -0.3 is 10.4 Å². The maximum Gasteiger partial charge on any atom is 0.274 e. The summed E-state index contributed by atoms with van der Waals surface area (Å²) in [4.78, 5) is 16.0. The number of hydrogen-bond acceptors (Lipinski definition) is 4. The van der Waals surface area contributed by atoms with Crippen molar-refractivity contribution in [2.75, 3.05) is 5.32 Å². The van der Waals surface area contributed by atoms with Crippen LogP contribution in [0.1, 0.15) is 10.5 Å². The quantitative estimate of drug-likeness (QED) is 0.693. The Morgan fingerprint density at radius 3 is 2.86 bits per heavy atom. The smallest absolute Gasteiger partial charge is 0.274 e. The number of aromatic nitrogens is 3. The highest BCUT2D eigenvalue weighted by molar-refractivity contribution is 6.30. The maximum atomic E-state index is 12.1. The van der Waals surface area contributed by atoms with Crippen LogP contribution in [-0.4, -0.2) is 26.2 Å². The molecule has 0 unspecified atom stereocenters. The van der Waals surface area contributed by atoms with E-state index in [4.69, 9.17) is 11.6 Å². The number of pyridine rings is 1. The first-order valence-electron chi connectivity index (χ1n) is 6.40. The zero-order valence-corrected chi connectivity index (χ0v) is 12.0. The van der Waals surface area contributed by atoms with E-state index in [-0.39, 0.29) is 17.3 Å². The van der Waals surface area contributed by atoms with Crippen molar-refractivity contribution in [1.29, 1.82) is 0 Å². The number of hydrogen-bond donors (Lipinski definition) is 3. The summed E-state index contributed by atoms with van der Waals surface area (Å²) < 4.78 is 0. The molecule has 2 aromatic heterocycles. The van der Waals surface area contributed by atoms with Crippen LogP contribution >= 0.6 is 11.6 Å². The SMILES string of the molecule is O=C(Nc1ncccc1O)c1cc(-c2cccc(Cl)c2)n[nH]1. The van der Waals surface area contributed by atoms with Crippen LogP contribution < -0.4 is 5.32 Å². The van der Waals surface area contributed by atoms with Crippen LogP contribution in [0.15, 0.2) is 48.7 Å². The molecule has 1 amide bonds. The summed E-state index contributed by atoms with van der Waals surface area (Å²) in [5.74, 6) is -0.466. The lowest BCUT2D eigenvalue weighted by Crippen LogP contribution is -2.13. The van der Waals surface area contributed by atoms with Gasteiger partial charge in [-0.2, -0.15) is 5.10 Å². The minimum Gasteiger partial charge on any atom is -0.504 e. The van der Waals surface area contributed by atoms with Gasteiger partial charge in [-0.05, 0) is 30.3 Å². The van der Waals surface area contributed by atoms with Crippen molar-refractivity contribution in [1.82, 2.24) is 15.2 Å². The fraction of sp³-hybridized carbons (Fsp3) is 0. The molecule has 110 valence electrons. The first kappa shape index (κ1) is 14.1. The van der Waals surface area contributed by atoms with E-state index in [2.05, 4.69) is 20.5 Å². The number of H-pyrrole nitrogens is 1. The van der Waals surface area contributed by atoms with Gasteiger partial charge in [-0.25, -0.2) is 4.98 Å². The first-order chi connectivity index (χ1) is 10.6. The number of benzene rings is 1. The predicted octanol–water partition coefficient (Wildman–Crippen LogP) is 3.08. The third-order valence-electron chi connectivity index (χ3n) is 2.96. The molecule has 0 saturated heterocycles. The van der Waals surface area contributed by atoms with Crippen LogP contribution in [0.4, 0.5) is 5.82 Å². The summed E-state index contributed by atoms with van der Waals surface area (Å²) >= 11 is 5.94. The molecule has 2 heterocycles. The number of nitrogens with zero attached hydrogens (tertiary/aromatic N) is 2. The highest BCUT2D eigenvalue weighted by Gasteiger charge is 2.13. The fourth-order valence-electron chi connectivity index (χ4n) is 1.90. The Bertz CT molecular complexity index is 832. The summed E-state index contributed by atoms with van der Waals surface area (Å²) in [6, 6.07) is 11.8. The van der Waals surface area contributed by atoms with Gasteiger partial charge in [0.2, 0.25) is 0 Å². The standard InChI is InChI=1S/C15H11ClN4O2/c16-10-4-1-3-9(7-10)11-8-12(20-19-11)15(22)18-14-13(21)5-2-6-17-14/h1-8,21H,(H,19,20)(H,17,18,22). The zero-order chi connectivity index (χ0) is 15.5. The zero-order valence-electron chi connectivity index (χ0n) is 11.2. The van der Waals surface area contributed by atoms with Crippen molar-refractivity contribution in [3.05, 3.63) is 59.4 Å². The van der Waals surface area contributed by atoms with Crippen LogP contribution in [0.2, 0.25) is 5.02 Å². The first-order valence-corrected chi connectivity index (χ1v) is 6.78. The Morgan fingerprint density at radius 2 is 2.09 bits per heavy atom. The monoisotopic (exact) mass is 314 g/mol. The van der Waals surface area contributed by atoms with Crippen LogP contribution in [0.25, 0.3) is 11.3 Å². The Labute approximate surface area is 130 Å². The highest BCUT2D eigenvalue weighted by atomic mass is 35.5. The summed E-state index contributed by atoms with van der Waals surface area (Å²) in [6.45, 7) is 0. The van der Waals surface area contributed by atoms with E-state index >= 15 is 0 Å². The Balaban J connectivity index is 1.82. The molecule has 22 heavy (non-hydrogen) atoms. The minimum atomic E-state index is -0.449. The van der Waals surface area contributed by atoms with Crippen molar-refractivity contribution in [2.24, 2.45) is 0 Å². The predicted molar refractivity (Wildman–Crippen MR) is 82.9 cm³/mol. The summed E-state index contributed by atoms with van der Waals surface area (Å²) in [6.07, 6.45) is 1.47. The second-order valence-corrected chi connectivity index (χ2v) is 4.94. The van der Waals surface area contributed by atoms with Crippen LogP contribution in [-0.2, 0) is 0 Å². The number of amides is 1. The topological polar surface area (TPSA) is 90.9 Å². The lowest BCUT2D eigenvalue weighted by atomic mass is 10.1. The Hall–Kier alpha value is -2.86. The number of halogens is 1. The van der Waals surface area contributed by atoms with Gasteiger partial charge in [0.15, 0.2) is 11.6 Å². The second kappa shape index (κ2) is 5.87. The summed E-state index contributed by atoms with van der Waals surface area (Å²) in [5.41, 5.74) is 1.64. The van der Waals surface area contributed by atoms with E-state index in [0.29, 0.717) is 10.7 Å². The molecule has 0 atom stereocenters. The molecule has 3 rings (SSSR count). The second-order valence-electron chi connectivity index (χ2n) is 4.50. The van der Waals surface area contributed by atoms with E-state index in [0.717, 1.165) is 5.56 Å². The molecule has 1 aromatic carbocycles. The number of rotatable bonds is 3. The van der Waals surface area contributed by atoms with Crippen molar-refractivity contribution < 1.29 is 9.90 Å². The number of aromatic hydroxyl groups is 1. The Kier molecular flexibility index (Phi) is 3.76. The summed E-state index contributed by atoms with van der Waals surface area (Å²) in [7, 11) is 0. The number of anilines is 1. The molecular formula is C15H11ClN4O2. The molecule has 0 saturated carbocycles. The lowest BCUT2D eigenvalue weighted by Gasteiger charge is -2.03. The van der Waals surface area contributed by atoms with Crippen molar-refractivity contribution in [2.45, 2.75) is 0 Å². The van der Waals surface area contributed by atoms with Gasteiger partial charge in [0.25, 0.3) is 5.91 Å². The van der Waals surface area contributed by atoms with Gasteiger partial charge in [0.1, 0.15) is 5.69 Å². The molecule has 7 heteroatoms. The molecular weight excluding hydrogens is 304 g/mol. The molecule has 0 aliphatic heterocycles. The molecule has 0 aliphatic carbocycles.